The highest BCUT2D eigenvalue weighted by Crippen LogP contribution is 2.30. The first-order valence-corrected chi connectivity index (χ1v) is 6.48. The molecular weight excluding hydrogens is 250 g/mol. The van der Waals surface area contributed by atoms with Gasteiger partial charge in [0.2, 0.25) is 5.91 Å². The smallest absolute Gasteiger partial charge is 0.242 e. The lowest BCUT2D eigenvalue weighted by Crippen LogP contribution is -2.54. The van der Waals surface area contributed by atoms with Crippen LogP contribution >= 0.6 is 11.6 Å². The van der Waals surface area contributed by atoms with Crippen molar-refractivity contribution in [2.24, 2.45) is 5.73 Å². The average Bonchev–Trinajstić information content (AvgIpc) is 2.33. The van der Waals surface area contributed by atoms with Crippen LogP contribution in [0.25, 0.3) is 0 Å². The zero-order valence-electron chi connectivity index (χ0n) is 10.6. The number of benzene rings is 1. The van der Waals surface area contributed by atoms with Gasteiger partial charge in [0.25, 0.3) is 0 Å². The van der Waals surface area contributed by atoms with Crippen molar-refractivity contribution in [1.29, 1.82) is 0 Å². The lowest BCUT2D eigenvalue weighted by atomic mass is 10.1. The molecule has 0 saturated carbocycles. The predicted octanol–water partition coefficient (Wildman–Crippen LogP) is 1.68. The molecule has 0 radical (unpaired) electrons. The molecule has 1 heterocycles. The Labute approximate surface area is 112 Å². The second-order valence-corrected chi connectivity index (χ2v) is 5.07. The van der Waals surface area contributed by atoms with E-state index in [1.165, 1.54) is 0 Å². The van der Waals surface area contributed by atoms with Gasteiger partial charge in [-0.1, -0.05) is 17.7 Å². The molecule has 2 rings (SSSR count). The molecule has 1 aliphatic rings. The monoisotopic (exact) mass is 267 g/mol. The maximum absolute atomic E-state index is 11.6. The number of nitrogens with two attached hydrogens (primary N) is 1. The molecule has 0 aromatic heterocycles. The van der Waals surface area contributed by atoms with Crippen molar-refractivity contribution >= 4 is 23.2 Å². The van der Waals surface area contributed by atoms with E-state index in [-0.39, 0.29) is 18.0 Å². The van der Waals surface area contributed by atoms with E-state index in [9.17, 15) is 4.79 Å². The molecule has 1 aromatic rings. The zero-order chi connectivity index (χ0) is 13.3. The first-order valence-electron chi connectivity index (χ1n) is 6.10. The SMILES string of the molecule is CC1C(=O)NCCN1c1ccc([C@H](C)N)cc1Cl. The Balaban J connectivity index is 2.30. The van der Waals surface area contributed by atoms with Crippen LogP contribution in [0.2, 0.25) is 5.02 Å². The summed E-state index contributed by atoms with van der Waals surface area (Å²) in [6.45, 7) is 5.21. The fourth-order valence-electron chi connectivity index (χ4n) is 2.15. The summed E-state index contributed by atoms with van der Waals surface area (Å²) in [5.74, 6) is 0.0357. The highest BCUT2D eigenvalue weighted by molar-refractivity contribution is 6.33. The molecule has 1 saturated heterocycles. The lowest BCUT2D eigenvalue weighted by Gasteiger charge is -2.35. The number of anilines is 1. The van der Waals surface area contributed by atoms with Crippen molar-refractivity contribution < 1.29 is 4.79 Å². The first-order chi connectivity index (χ1) is 8.50. The van der Waals surface area contributed by atoms with E-state index < -0.39 is 0 Å². The Morgan fingerprint density at radius 3 is 2.89 bits per heavy atom. The minimum atomic E-state index is -0.197. The summed E-state index contributed by atoms with van der Waals surface area (Å²) in [6, 6.07) is 5.54. The van der Waals surface area contributed by atoms with E-state index >= 15 is 0 Å². The van der Waals surface area contributed by atoms with E-state index in [1.807, 2.05) is 36.9 Å². The van der Waals surface area contributed by atoms with Gasteiger partial charge in [0.15, 0.2) is 0 Å². The predicted molar refractivity (Wildman–Crippen MR) is 73.9 cm³/mol. The molecule has 3 N–H and O–H groups in total. The van der Waals surface area contributed by atoms with Crippen molar-refractivity contribution in [2.45, 2.75) is 25.9 Å². The maximum atomic E-state index is 11.6. The van der Waals surface area contributed by atoms with Crippen LogP contribution in [-0.2, 0) is 4.79 Å². The van der Waals surface area contributed by atoms with Gasteiger partial charge in [-0.05, 0) is 31.5 Å². The standard InChI is InChI=1S/C13H18ClN3O/c1-8(15)10-3-4-12(11(14)7-10)17-6-5-16-13(18)9(17)2/h3-4,7-9H,5-6,15H2,1-2H3,(H,16,18)/t8-,9?/m0/s1. The summed E-state index contributed by atoms with van der Waals surface area (Å²) < 4.78 is 0. The summed E-state index contributed by atoms with van der Waals surface area (Å²) in [6.07, 6.45) is 0. The second kappa shape index (κ2) is 5.16. The third-order valence-corrected chi connectivity index (χ3v) is 3.61. The van der Waals surface area contributed by atoms with Crippen LogP contribution < -0.4 is 16.0 Å². The van der Waals surface area contributed by atoms with Crippen LogP contribution in [0.4, 0.5) is 5.69 Å². The van der Waals surface area contributed by atoms with E-state index in [0.717, 1.165) is 17.8 Å². The van der Waals surface area contributed by atoms with Gasteiger partial charge in [-0.25, -0.2) is 0 Å². The van der Waals surface area contributed by atoms with Crippen molar-refractivity contribution in [3.05, 3.63) is 28.8 Å². The summed E-state index contributed by atoms with van der Waals surface area (Å²) in [5, 5.41) is 3.48. The van der Waals surface area contributed by atoms with Crippen LogP contribution in [0.15, 0.2) is 18.2 Å². The van der Waals surface area contributed by atoms with Gasteiger partial charge in [0.05, 0.1) is 10.7 Å². The topological polar surface area (TPSA) is 58.4 Å². The fourth-order valence-corrected chi connectivity index (χ4v) is 2.45. The summed E-state index contributed by atoms with van der Waals surface area (Å²) in [7, 11) is 0. The van der Waals surface area contributed by atoms with Crippen molar-refractivity contribution in [1.82, 2.24) is 5.32 Å². The molecule has 2 atom stereocenters. The molecule has 0 aliphatic carbocycles. The van der Waals surface area contributed by atoms with Gasteiger partial charge in [-0.2, -0.15) is 0 Å². The van der Waals surface area contributed by atoms with Crippen molar-refractivity contribution in [3.63, 3.8) is 0 Å². The van der Waals surface area contributed by atoms with Crippen molar-refractivity contribution in [2.75, 3.05) is 18.0 Å². The molecule has 4 nitrogen and oxygen atoms in total. The van der Waals surface area contributed by atoms with Crippen molar-refractivity contribution in [3.8, 4) is 0 Å². The molecular formula is C13H18ClN3O. The largest absolute Gasteiger partial charge is 0.357 e. The number of hydrogen-bond donors (Lipinski definition) is 2. The van der Waals surface area contributed by atoms with Gasteiger partial charge >= 0.3 is 0 Å². The number of rotatable bonds is 2. The van der Waals surface area contributed by atoms with E-state index in [1.54, 1.807) is 0 Å². The highest BCUT2D eigenvalue weighted by Gasteiger charge is 2.26. The Morgan fingerprint density at radius 2 is 2.28 bits per heavy atom. The zero-order valence-corrected chi connectivity index (χ0v) is 11.4. The number of carbonyl (C=O) groups is 1. The summed E-state index contributed by atoms with van der Waals surface area (Å²) in [4.78, 5) is 13.7. The summed E-state index contributed by atoms with van der Waals surface area (Å²) >= 11 is 6.29. The normalized spacial score (nSPS) is 21.7. The van der Waals surface area contributed by atoms with Gasteiger partial charge in [0, 0.05) is 19.1 Å². The molecule has 1 fully saturated rings. The quantitative estimate of drug-likeness (QED) is 0.857. The van der Waals surface area contributed by atoms with E-state index in [2.05, 4.69) is 5.32 Å². The van der Waals surface area contributed by atoms with E-state index in [0.29, 0.717) is 11.6 Å². The fraction of sp³-hybridized carbons (Fsp3) is 0.462. The summed E-state index contributed by atoms with van der Waals surface area (Å²) in [5.41, 5.74) is 7.71. The Morgan fingerprint density at radius 1 is 1.56 bits per heavy atom. The maximum Gasteiger partial charge on any atom is 0.242 e. The molecule has 5 heteroatoms. The molecule has 0 bridgehead atoms. The molecule has 1 unspecified atom stereocenters. The Hall–Kier alpha value is -1.26. The van der Waals surface area contributed by atoms with Crippen LogP contribution in [0.3, 0.4) is 0 Å². The van der Waals surface area contributed by atoms with Gasteiger partial charge in [-0.3, -0.25) is 4.79 Å². The Bertz CT molecular complexity index is 462. The number of nitrogens with one attached hydrogen (secondary N) is 1. The lowest BCUT2D eigenvalue weighted by molar-refractivity contribution is -0.122. The first kappa shape index (κ1) is 13.2. The van der Waals surface area contributed by atoms with E-state index in [4.69, 9.17) is 17.3 Å². The average molecular weight is 268 g/mol. The minimum Gasteiger partial charge on any atom is -0.357 e. The van der Waals surface area contributed by atoms with Crippen LogP contribution in [-0.4, -0.2) is 25.0 Å². The van der Waals surface area contributed by atoms with Crippen LogP contribution in [0, 0.1) is 0 Å². The van der Waals surface area contributed by atoms with Gasteiger partial charge in [-0.15, -0.1) is 0 Å². The minimum absolute atomic E-state index is 0.0357. The highest BCUT2D eigenvalue weighted by atomic mass is 35.5. The molecule has 1 amide bonds. The number of amides is 1. The molecule has 1 aromatic carbocycles. The van der Waals surface area contributed by atoms with Gasteiger partial charge in [0.1, 0.15) is 6.04 Å². The number of halogens is 1. The molecule has 98 valence electrons. The second-order valence-electron chi connectivity index (χ2n) is 4.66. The van der Waals surface area contributed by atoms with Gasteiger partial charge < -0.3 is 16.0 Å². The number of nitrogens with zero attached hydrogens (tertiary/aromatic N) is 1. The third-order valence-electron chi connectivity index (χ3n) is 3.31. The molecule has 18 heavy (non-hydrogen) atoms. The molecule has 1 aliphatic heterocycles. The third kappa shape index (κ3) is 2.44. The van der Waals surface area contributed by atoms with Crippen LogP contribution in [0.1, 0.15) is 25.5 Å². The Kier molecular flexibility index (Phi) is 3.78. The number of carbonyl (C=O) groups excluding carboxylic acids is 1. The number of piperazine rings is 1. The van der Waals surface area contributed by atoms with Crippen LogP contribution in [0.5, 0.6) is 0 Å². The number of hydrogen-bond acceptors (Lipinski definition) is 3. The molecule has 0 spiro atoms.